The first-order chi connectivity index (χ1) is 31.0. The molecule has 10 aromatic carbocycles. The Morgan fingerprint density at radius 1 is 0.349 bits per heavy atom. The zero-order valence-corrected chi connectivity index (χ0v) is 35.2. The van der Waals surface area contributed by atoms with Crippen LogP contribution in [0.3, 0.4) is 0 Å². The molecule has 1 aromatic heterocycles. The maximum Gasteiger partial charge on any atom is 0.144 e. The maximum atomic E-state index is 7.29. The third-order valence-corrected chi connectivity index (χ3v) is 13.3. The van der Waals surface area contributed by atoms with Crippen LogP contribution >= 0.6 is 0 Å². The monoisotopic (exact) mass is 805 g/mol. The van der Waals surface area contributed by atoms with Gasteiger partial charge < -0.3 is 9.32 Å². The van der Waals surface area contributed by atoms with Gasteiger partial charge >= 0.3 is 0 Å². The Morgan fingerprint density at radius 3 is 1.59 bits per heavy atom. The van der Waals surface area contributed by atoms with Crippen molar-refractivity contribution in [1.82, 2.24) is 0 Å². The first kappa shape index (κ1) is 36.9. The van der Waals surface area contributed by atoms with Crippen molar-refractivity contribution in [3.8, 4) is 55.6 Å². The second-order valence-corrected chi connectivity index (χ2v) is 17.2. The first-order valence-corrected chi connectivity index (χ1v) is 21.8. The second-order valence-electron chi connectivity index (χ2n) is 17.2. The number of para-hydroxylation sites is 2. The number of hydrogen-bond acceptors (Lipinski definition) is 2. The third kappa shape index (κ3) is 6.02. The molecule has 63 heavy (non-hydrogen) atoms. The molecular formula is C61H43NO. The summed E-state index contributed by atoms with van der Waals surface area (Å²) in [5.41, 5.74) is 19.4. The number of anilines is 3. The minimum absolute atomic E-state index is 0.193. The Morgan fingerprint density at radius 2 is 0.841 bits per heavy atom. The van der Waals surface area contributed by atoms with Gasteiger partial charge in [-0.2, -0.15) is 0 Å². The van der Waals surface area contributed by atoms with Gasteiger partial charge in [-0.05, 0) is 109 Å². The summed E-state index contributed by atoms with van der Waals surface area (Å²) < 4.78 is 7.29. The van der Waals surface area contributed by atoms with Gasteiger partial charge in [0.25, 0.3) is 0 Å². The number of hydrogen-bond donors (Lipinski definition) is 0. The van der Waals surface area contributed by atoms with Crippen LogP contribution in [-0.4, -0.2) is 0 Å². The lowest BCUT2D eigenvalue weighted by atomic mass is 9.81. The summed E-state index contributed by atoms with van der Waals surface area (Å²) >= 11 is 0. The molecule has 0 bridgehead atoms. The van der Waals surface area contributed by atoms with Crippen molar-refractivity contribution in [2.75, 3.05) is 4.90 Å². The van der Waals surface area contributed by atoms with E-state index in [1.54, 1.807) is 0 Å². The standard InChI is InChI=1S/C61H43NO/c1-61(2)55-26-12-11-22-52(55)58-56(61)39-54(45-29-27-43(28-30-45)50-23-13-18-42-17-9-10-21-49(42)50)57-53-25-14-24-51(59(53)63-60(57)58)44-33-37-48(38-34-44)62(46-19-7-4-8-20-46)47-35-31-41(32-36-47)40-15-5-3-6-16-40/h3-39H,1-2H3. The molecule has 0 fully saturated rings. The second kappa shape index (κ2) is 14.6. The van der Waals surface area contributed by atoms with E-state index in [9.17, 15) is 0 Å². The SMILES string of the molecule is CC1(C)c2ccccc2-c2c1cc(-c1ccc(-c3cccc4ccccc34)cc1)c1c2oc2c(-c3ccc(N(c4ccccc4)c4ccc(-c5ccccc5)cc4)cc3)cccc21. The molecule has 0 saturated heterocycles. The van der Waals surface area contributed by atoms with E-state index in [2.05, 4.69) is 243 Å². The molecule has 298 valence electrons. The smallest absolute Gasteiger partial charge is 0.144 e. The van der Waals surface area contributed by atoms with Gasteiger partial charge in [-0.25, -0.2) is 0 Å². The van der Waals surface area contributed by atoms with Crippen LogP contribution < -0.4 is 4.90 Å². The molecule has 0 radical (unpaired) electrons. The van der Waals surface area contributed by atoms with E-state index >= 15 is 0 Å². The highest BCUT2D eigenvalue weighted by Gasteiger charge is 2.38. The lowest BCUT2D eigenvalue weighted by Crippen LogP contribution is -2.15. The van der Waals surface area contributed by atoms with Crippen LogP contribution in [-0.2, 0) is 5.41 Å². The molecule has 1 aliphatic rings. The zero-order chi connectivity index (χ0) is 42.1. The van der Waals surface area contributed by atoms with Gasteiger partial charge in [-0.3, -0.25) is 0 Å². The summed E-state index contributed by atoms with van der Waals surface area (Å²) in [7, 11) is 0. The van der Waals surface area contributed by atoms with Crippen LogP contribution in [0.2, 0.25) is 0 Å². The summed E-state index contributed by atoms with van der Waals surface area (Å²) in [5, 5.41) is 4.79. The molecule has 0 spiro atoms. The van der Waals surface area contributed by atoms with E-state index < -0.39 is 0 Å². The highest BCUT2D eigenvalue weighted by atomic mass is 16.3. The van der Waals surface area contributed by atoms with Crippen molar-refractivity contribution in [1.29, 1.82) is 0 Å². The lowest BCUT2D eigenvalue weighted by molar-refractivity contribution is 0.654. The predicted octanol–water partition coefficient (Wildman–Crippen LogP) is 17.2. The van der Waals surface area contributed by atoms with Crippen molar-refractivity contribution >= 4 is 49.8 Å². The Balaban J connectivity index is 0.996. The predicted molar refractivity (Wildman–Crippen MR) is 265 cm³/mol. The van der Waals surface area contributed by atoms with Crippen LogP contribution in [0.4, 0.5) is 17.1 Å². The molecule has 12 rings (SSSR count). The fourth-order valence-electron chi connectivity index (χ4n) is 10.1. The van der Waals surface area contributed by atoms with Gasteiger partial charge in [0.1, 0.15) is 11.2 Å². The summed E-state index contributed by atoms with van der Waals surface area (Å²) in [5.74, 6) is 0. The average molecular weight is 806 g/mol. The van der Waals surface area contributed by atoms with Crippen LogP contribution in [0.5, 0.6) is 0 Å². The largest absolute Gasteiger partial charge is 0.455 e. The Kier molecular flexibility index (Phi) is 8.55. The van der Waals surface area contributed by atoms with Crippen molar-refractivity contribution in [3.05, 3.63) is 236 Å². The molecule has 0 aliphatic heterocycles. The summed E-state index contributed by atoms with van der Waals surface area (Å²) in [6.45, 7) is 4.70. The molecule has 0 N–H and O–H groups in total. The van der Waals surface area contributed by atoms with Crippen molar-refractivity contribution in [2.45, 2.75) is 19.3 Å². The highest BCUT2D eigenvalue weighted by Crippen LogP contribution is 2.55. The molecule has 2 nitrogen and oxygen atoms in total. The maximum absolute atomic E-state index is 7.29. The van der Waals surface area contributed by atoms with E-state index in [1.165, 1.54) is 66.4 Å². The summed E-state index contributed by atoms with van der Waals surface area (Å²) in [6.07, 6.45) is 0. The van der Waals surface area contributed by atoms with Crippen LogP contribution in [0.15, 0.2) is 229 Å². The van der Waals surface area contributed by atoms with E-state index in [0.29, 0.717) is 0 Å². The number of rotatable bonds is 7. The molecule has 0 saturated carbocycles. The third-order valence-electron chi connectivity index (χ3n) is 13.3. The Bertz CT molecular complexity index is 3480. The van der Waals surface area contributed by atoms with Crippen molar-refractivity contribution in [2.24, 2.45) is 0 Å². The van der Waals surface area contributed by atoms with Gasteiger partial charge in [0.05, 0.1) is 0 Å². The van der Waals surface area contributed by atoms with Gasteiger partial charge in [-0.1, -0.05) is 196 Å². The lowest BCUT2D eigenvalue weighted by Gasteiger charge is -2.26. The van der Waals surface area contributed by atoms with Crippen LogP contribution in [0.25, 0.3) is 88.3 Å². The fraction of sp³-hybridized carbons (Fsp3) is 0.0492. The number of benzene rings is 10. The summed E-state index contributed by atoms with van der Waals surface area (Å²) in [6, 6.07) is 81.2. The molecule has 0 unspecified atom stereocenters. The van der Waals surface area contributed by atoms with Gasteiger partial charge in [0, 0.05) is 44.4 Å². The molecule has 2 heteroatoms. The molecule has 1 heterocycles. The van der Waals surface area contributed by atoms with Gasteiger partial charge in [0.2, 0.25) is 0 Å². The molecule has 1 aliphatic carbocycles. The van der Waals surface area contributed by atoms with Crippen molar-refractivity contribution < 1.29 is 4.42 Å². The molecule has 0 amide bonds. The zero-order valence-electron chi connectivity index (χ0n) is 35.2. The van der Waals surface area contributed by atoms with E-state index in [1.807, 2.05) is 0 Å². The molecular weight excluding hydrogens is 763 g/mol. The normalized spacial score (nSPS) is 12.7. The molecule has 11 aromatic rings. The van der Waals surface area contributed by atoms with E-state index in [0.717, 1.165) is 50.1 Å². The Labute approximate surface area is 368 Å². The number of furan rings is 1. The van der Waals surface area contributed by atoms with Crippen LogP contribution in [0.1, 0.15) is 25.0 Å². The minimum atomic E-state index is -0.193. The number of nitrogens with zero attached hydrogens (tertiary/aromatic N) is 1. The van der Waals surface area contributed by atoms with Gasteiger partial charge in [0.15, 0.2) is 0 Å². The molecule has 0 atom stereocenters. The number of fused-ring (bicyclic) bond motifs is 8. The quantitative estimate of drug-likeness (QED) is 0.160. The topological polar surface area (TPSA) is 16.4 Å². The first-order valence-electron chi connectivity index (χ1n) is 21.8. The highest BCUT2D eigenvalue weighted by molar-refractivity contribution is 6.20. The fourth-order valence-corrected chi connectivity index (χ4v) is 10.1. The minimum Gasteiger partial charge on any atom is -0.455 e. The van der Waals surface area contributed by atoms with E-state index in [4.69, 9.17) is 4.42 Å². The van der Waals surface area contributed by atoms with Gasteiger partial charge in [-0.15, -0.1) is 0 Å². The average Bonchev–Trinajstić information content (AvgIpc) is 3.85. The van der Waals surface area contributed by atoms with Crippen LogP contribution in [0, 0.1) is 0 Å². The van der Waals surface area contributed by atoms with E-state index in [-0.39, 0.29) is 5.41 Å². The summed E-state index contributed by atoms with van der Waals surface area (Å²) in [4.78, 5) is 2.32. The van der Waals surface area contributed by atoms with Crippen molar-refractivity contribution in [3.63, 3.8) is 0 Å². The Hall–Kier alpha value is -7.94.